The maximum absolute atomic E-state index is 11.3. The molecule has 0 radical (unpaired) electrons. The Hall–Kier alpha value is -2.09. The number of carbonyl (C=O) groups is 1. The molecule has 0 saturated carbocycles. The number of nitrogens with zero attached hydrogens (tertiary/aromatic N) is 2. The number of carbonyl (C=O) groups excluding carboxylic acids is 1. The third kappa shape index (κ3) is 6.45. The van der Waals surface area contributed by atoms with E-state index < -0.39 is 0 Å². The highest BCUT2D eigenvalue weighted by Crippen LogP contribution is 2.32. The Morgan fingerprint density at radius 3 is 2.59 bits per heavy atom. The average Bonchev–Trinajstić information content (AvgIpc) is 2.69. The normalized spacial score (nSPS) is 19.3. The van der Waals surface area contributed by atoms with Crippen molar-refractivity contribution in [3.8, 4) is 0 Å². The topological polar surface area (TPSA) is 56.7 Å². The minimum absolute atomic E-state index is 0. The molecule has 156 valence electrons. The molecule has 3 rings (SSSR count). The van der Waals surface area contributed by atoms with Crippen molar-refractivity contribution < 1.29 is 4.79 Å². The maximum Gasteiger partial charge on any atom is 0.221 e. The van der Waals surface area contributed by atoms with Gasteiger partial charge in [-0.3, -0.25) is 9.79 Å². The second-order valence-corrected chi connectivity index (χ2v) is 7.51. The first-order valence-electron chi connectivity index (χ1n) is 9.94. The molecule has 1 heterocycles. The summed E-state index contributed by atoms with van der Waals surface area (Å²) >= 11 is 0. The van der Waals surface area contributed by atoms with E-state index in [1.54, 1.807) is 0 Å². The molecule has 0 bridgehead atoms. The van der Waals surface area contributed by atoms with Gasteiger partial charge in [0.15, 0.2) is 5.96 Å². The van der Waals surface area contributed by atoms with E-state index in [4.69, 9.17) is 0 Å². The lowest BCUT2D eigenvalue weighted by Crippen LogP contribution is -2.47. The largest absolute Gasteiger partial charge is 0.352 e. The summed E-state index contributed by atoms with van der Waals surface area (Å²) in [5.74, 6) is 2.04. The molecule has 2 N–H and O–H groups in total. The number of benzene rings is 2. The van der Waals surface area contributed by atoms with Gasteiger partial charge in [0, 0.05) is 39.3 Å². The van der Waals surface area contributed by atoms with Gasteiger partial charge in [-0.1, -0.05) is 49.4 Å². The van der Waals surface area contributed by atoms with Crippen LogP contribution in [0.3, 0.4) is 0 Å². The first-order valence-corrected chi connectivity index (χ1v) is 9.94. The molecule has 1 fully saturated rings. The van der Waals surface area contributed by atoms with Gasteiger partial charge >= 0.3 is 0 Å². The quantitative estimate of drug-likeness (QED) is 0.366. The number of rotatable bonds is 4. The highest BCUT2D eigenvalue weighted by atomic mass is 127. The first-order chi connectivity index (χ1) is 13.6. The minimum atomic E-state index is -0.0591. The molecule has 2 unspecified atom stereocenters. The SMILES string of the molecule is CN=C(NCc1cccc(NC(C)=O)c1)N1CCC(c2ccccc2)C(C)C1.I. The molecule has 1 saturated heterocycles. The average molecular weight is 506 g/mol. The zero-order valence-electron chi connectivity index (χ0n) is 17.4. The summed E-state index contributed by atoms with van der Waals surface area (Å²) in [5.41, 5.74) is 3.37. The van der Waals surface area contributed by atoms with Gasteiger partial charge in [-0.15, -0.1) is 24.0 Å². The van der Waals surface area contributed by atoms with Crippen LogP contribution in [0.15, 0.2) is 59.6 Å². The van der Waals surface area contributed by atoms with Crippen LogP contribution in [-0.4, -0.2) is 36.9 Å². The molecule has 0 aliphatic carbocycles. The molecular formula is C23H31IN4O. The van der Waals surface area contributed by atoms with Crippen LogP contribution >= 0.6 is 24.0 Å². The van der Waals surface area contributed by atoms with Gasteiger partial charge < -0.3 is 15.5 Å². The first kappa shape index (κ1) is 23.2. The number of guanidine groups is 1. The molecule has 1 amide bonds. The Balaban J connectivity index is 0.00000300. The van der Waals surface area contributed by atoms with Crippen molar-refractivity contribution in [2.24, 2.45) is 10.9 Å². The number of halogens is 1. The number of piperidine rings is 1. The zero-order chi connectivity index (χ0) is 19.9. The van der Waals surface area contributed by atoms with Crippen LogP contribution in [0.2, 0.25) is 0 Å². The summed E-state index contributed by atoms with van der Waals surface area (Å²) in [6.45, 7) is 6.51. The van der Waals surface area contributed by atoms with Crippen LogP contribution in [0, 0.1) is 5.92 Å². The van der Waals surface area contributed by atoms with Crippen molar-refractivity contribution in [1.82, 2.24) is 10.2 Å². The second-order valence-electron chi connectivity index (χ2n) is 7.51. The van der Waals surface area contributed by atoms with Gasteiger partial charge in [0.2, 0.25) is 5.91 Å². The van der Waals surface area contributed by atoms with Gasteiger partial charge in [0.25, 0.3) is 0 Å². The number of amides is 1. The van der Waals surface area contributed by atoms with E-state index in [2.05, 4.69) is 63.8 Å². The van der Waals surface area contributed by atoms with Crippen molar-refractivity contribution in [2.45, 2.75) is 32.7 Å². The van der Waals surface area contributed by atoms with Crippen molar-refractivity contribution in [2.75, 3.05) is 25.5 Å². The Bertz CT molecular complexity index is 825. The van der Waals surface area contributed by atoms with Crippen molar-refractivity contribution in [1.29, 1.82) is 0 Å². The molecular weight excluding hydrogens is 475 g/mol. The van der Waals surface area contributed by atoms with E-state index in [1.807, 2.05) is 25.2 Å². The number of aliphatic imine (C=N–C) groups is 1. The minimum Gasteiger partial charge on any atom is -0.352 e. The van der Waals surface area contributed by atoms with E-state index in [0.29, 0.717) is 18.4 Å². The summed E-state index contributed by atoms with van der Waals surface area (Å²) in [6, 6.07) is 18.7. The maximum atomic E-state index is 11.3. The standard InChI is InChI=1S/C23H30N4O.HI/c1-17-16-27(13-12-22(17)20-9-5-4-6-10-20)23(24-3)25-15-19-8-7-11-21(14-19)26-18(2)28;/h4-11,14,17,22H,12-13,15-16H2,1-3H3,(H,24,25)(H,26,28);1H. The Labute approximate surface area is 191 Å². The van der Waals surface area contributed by atoms with Crippen LogP contribution in [0.5, 0.6) is 0 Å². The molecule has 2 atom stereocenters. The summed E-state index contributed by atoms with van der Waals surface area (Å²) < 4.78 is 0. The monoisotopic (exact) mass is 506 g/mol. The molecule has 29 heavy (non-hydrogen) atoms. The summed E-state index contributed by atoms with van der Waals surface area (Å²) in [4.78, 5) is 18.1. The molecule has 5 nitrogen and oxygen atoms in total. The number of anilines is 1. The van der Waals surface area contributed by atoms with Gasteiger partial charge in [-0.2, -0.15) is 0 Å². The third-order valence-corrected chi connectivity index (χ3v) is 5.34. The highest BCUT2D eigenvalue weighted by Gasteiger charge is 2.28. The number of hydrogen-bond acceptors (Lipinski definition) is 2. The summed E-state index contributed by atoms with van der Waals surface area (Å²) in [7, 11) is 1.84. The fourth-order valence-electron chi connectivity index (χ4n) is 4.01. The molecule has 0 spiro atoms. The predicted octanol–water partition coefficient (Wildman–Crippen LogP) is 4.46. The van der Waals surface area contributed by atoms with E-state index in [9.17, 15) is 4.79 Å². The molecule has 1 aliphatic rings. The number of hydrogen-bond donors (Lipinski definition) is 2. The second kappa shape index (κ2) is 11.2. The van der Waals surface area contributed by atoms with Crippen LogP contribution in [-0.2, 0) is 11.3 Å². The molecule has 1 aliphatic heterocycles. The summed E-state index contributed by atoms with van der Waals surface area (Å²) in [6.07, 6.45) is 1.13. The fraction of sp³-hybridized carbons (Fsp3) is 0.391. The Morgan fingerprint density at radius 1 is 1.17 bits per heavy atom. The van der Waals surface area contributed by atoms with Crippen molar-refractivity contribution in [3.63, 3.8) is 0 Å². The Morgan fingerprint density at radius 2 is 1.93 bits per heavy atom. The van der Waals surface area contributed by atoms with Gasteiger partial charge in [0.05, 0.1) is 0 Å². The summed E-state index contributed by atoms with van der Waals surface area (Å²) in [5, 5.41) is 6.30. The van der Waals surface area contributed by atoms with Crippen LogP contribution in [0.4, 0.5) is 5.69 Å². The van der Waals surface area contributed by atoms with Crippen LogP contribution in [0.1, 0.15) is 37.3 Å². The lowest BCUT2D eigenvalue weighted by atomic mass is 9.82. The van der Waals surface area contributed by atoms with Crippen LogP contribution < -0.4 is 10.6 Å². The molecule has 2 aromatic rings. The number of likely N-dealkylation sites (tertiary alicyclic amines) is 1. The zero-order valence-corrected chi connectivity index (χ0v) is 19.7. The van der Waals surface area contributed by atoms with E-state index in [1.165, 1.54) is 12.5 Å². The van der Waals surface area contributed by atoms with Gasteiger partial charge in [-0.05, 0) is 41.5 Å². The molecule has 2 aromatic carbocycles. The third-order valence-electron chi connectivity index (χ3n) is 5.34. The highest BCUT2D eigenvalue weighted by molar-refractivity contribution is 14.0. The Kier molecular flexibility index (Phi) is 8.95. The molecule has 0 aromatic heterocycles. The predicted molar refractivity (Wildman–Crippen MR) is 131 cm³/mol. The number of nitrogens with one attached hydrogen (secondary N) is 2. The lowest BCUT2D eigenvalue weighted by Gasteiger charge is -2.39. The van der Waals surface area contributed by atoms with Gasteiger partial charge in [0.1, 0.15) is 0 Å². The lowest BCUT2D eigenvalue weighted by molar-refractivity contribution is -0.114. The van der Waals surface area contributed by atoms with Crippen molar-refractivity contribution >= 4 is 41.5 Å². The smallest absolute Gasteiger partial charge is 0.221 e. The van der Waals surface area contributed by atoms with E-state index in [-0.39, 0.29) is 29.9 Å². The molecule has 6 heteroatoms. The fourth-order valence-corrected chi connectivity index (χ4v) is 4.01. The van der Waals surface area contributed by atoms with E-state index in [0.717, 1.165) is 36.7 Å². The van der Waals surface area contributed by atoms with Crippen LogP contribution in [0.25, 0.3) is 0 Å². The van der Waals surface area contributed by atoms with E-state index >= 15 is 0 Å². The van der Waals surface area contributed by atoms with Gasteiger partial charge in [-0.25, -0.2) is 0 Å². The van der Waals surface area contributed by atoms with Crippen molar-refractivity contribution in [3.05, 3.63) is 65.7 Å².